The molecule has 1 aliphatic rings. The van der Waals surface area contributed by atoms with Crippen LogP contribution < -0.4 is 4.74 Å². The molecular formula is C33H35FN2O3. The predicted molar refractivity (Wildman–Crippen MR) is 150 cm³/mol. The first kappa shape index (κ1) is 26.7. The quantitative estimate of drug-likeness (QED) is 0.230. The second-order valence-electron chi connectivity index (χ2n) is 10.3. The maximum absolute atomic E-state index is 13.9. The lowest BCUT2D eigenvalue weighted by Gasteiger charge is -2.31. The molecule has 0 atom stereocenters. The molecule has 1 fully saturated rings. The molecule has 1 aromatic heterocycles. The number of likely N-dealkylation sites (tertiary alicyclic amines) is 1. The third kappa shape index (κ3) is 7.36. The highest BCUT2D eigenvalue weighted by Crippen LogP contribution is 2.24. The largest absolute Gasteiger partial charge is 0.497 e. The number of carbonyl (C=O) groups is 1. The number of methoxy groups -OCH3 is 1. The third-order valence-corrected chi connectivity index (χ3v) is 7.36. The fourth-order valence-electron chi connectivity index (χ4n) is 5.33. The van der Waals surface area contributed by atoms with E-state index < -0.39 is 0 Å². The number of furan rings is 1. The van der Waals surface area contributed by atoms with Crippen LogP contribution in [0, 0.1) is 11.7 Å². The maximum atomic E-state index is 13.9. The zero-order valence-corrected chi connectivity index (χ0v) is 22.4. The topological polar surface area (TPSA) is 45.9 Å². The van der Waals surface area contributed by atoms with Crippen LogP contribution >= 0.6 is 0 Å². The van der Waals surface area contributed by atoms with E-state index in [-0.39, 0.29) is 11.7 Å². The van der Waals surface area contributed by atoms with Crippen LogP contribution in [0.3, 0.4) is 0 Å². The van der Waals surface area contributed by atoms with Crippen molar-refractivity contribution in [1.29, 1.82) is 0 Å². The van der Waals surface area contributed by atoms with E-state index in [4.69, 9.17) is 9.15 Å². The Hall–Kier alpha value is -3.90. The summed E-state index contributed by atoms with van der Waals surface area (Å²) in [5, 5.41) is 0. The van der Waals surface area contributed by atoms with Crippen LogP contribution in [0.15, 0.2) is 95.4 Å². The van der Waals surface area contributed by atoms with E-state index in [0.717, 1.165) is 49.2 Å². The monoisotopic (exact) mass is 526 g/mol. The molecule has 2 heterocycles. The normalized spacial score (nSPS) is 14.1. The summed E-state index contributed by atoms with van der Waals surface area (Å²) in [6.45, 7) is 3.13. The summed E-state index contributed by atoms with van der Waals surface area (Å²) in [6, 6.07) is 28.8. The number of halogens is 1. The molecule has 0 bridgehead atoms. The minimum Gasteiger partial charge on any atom is -0.497 e. The fourth-order valence-corrected chi connectivity index (χ4v) is 5.33. The summed E-state index contributed by atoms with van der Waals surface area (Å²) in [5.41, 5.74) is 3.31. The zero-order valence-electron chi connectivity index (χ0n) is 22.4. The Bertz CT molecular complexity index is 1360. The van der Waals surface area contributed by atoms with Gasteiger partial charge in [0.05, 0.1) is 13.7 Å². The summed E-state index contributed by atoms with van der Waals surface area (Å²) < 4.78 is 25.3. The van der Waals surface area contributed by atoms with E-state index in [9.17, 15) is 9.18 Å². The summed E-state index contributed by atoms with van der Waals surface area (Å²) in [4.78, 5) is 17.3. The number of piperidine rings is 1. The van der Waals surface area contributed by atoms with Gasteiger partial charge in [-0.15, -0.1) is 0 Å². The van der Waals surface area contributed by atoms with Crippen LogP contribution in [-0.2, 0) is 26.1 Å². The molecule has 202 valence electrons. The van der Waals surface area contributed by atoms with Crippen molar-refractivity contribution in [1.82, 2.24) is 9.80 Å². The van der Waals surface area contributed by atoms with Crippen molar-refractivity contribution in [3.8, 4) is 5.75 Å². The summed E-state index contributed by atoms with van der Waals surface area (Å²) in [7, 11) is 1.65. The SMILES string of the molecule is COc1cccc(CN(Cc2cccc(F)c2)Cc2ccc(C(=O)N3CCC(Cc4ccccc4)CC3)o2)c1. The lowest BCUT2D eigenvalue weighted by molar-refractivity contribution is 0.0654. The van der Waals surface area contributed by atoms with Gasteiger partial charge in [0.1, 0.15) is 17.3 Å². The predicted octanol–water partition coefficient (Wildman–Crippen LogP) is 6.72. The van der Waals surface area contributed by atoms with Crippen molar-refractivity contribution < 1.29 is 18.3 Å². The molecule has 0 radical (unpaired) electrons. The van der Waals surface area contributed by atoms with Crippen LogP contribution in [0.2, 0.25) is 0 Å². The van der Waals surface area contributed by atoms with Gasteiger partial charge >= 0.3 is 0 Å². The Balaban J connectivity index is 1.22. The first-order chi connectivity index (χ1) is 19.1. The second-order valence-corrected chi connectivity index (χ2v) is 10.3. The molecule has 1 amide bonds. The van der Waals surface area contributed by atoms with Gasteiger partial charge in [-0.2, -0.15) is 0 Å². The van der Waals surface area contributed by atoms with Gasteiger partial charge < -0.3 is 14.1 Å². The highest BCUT2D eigenvalue weighted by molar-refractivity contribution is 5.91. The fraction of sp³-hybridized carbons (Fsp3) is 0.303. The Labute approximate surface area is 229 Å². The molecule has 6 heteroatoms. The van der Waals surface area contributed by atoms with E-state index in [1.165, 1.54) is 11.6 Å². The molecular weight excluding hydrogens is 491 g/mol. The van der Waals surface area contributed by atoms with Gasteiger partial charge in [0.15, 0.2) is 5.76 Å². The first-order valence-corrected chi connectivity index (χ1v) is 13.6. The van der Waals surface area contributed by atoms with Gasteiger partial charge in [-0.1, -0.05) is 54.6 Å². The second kappa shape index (κ2) is 12.8. The van der Waals surface area contributed by atoms with Gasteiger partial charge in [0.25, 0.3) is 5.91 Å². The van der Waals surface area contributed by atoms with E-state index in [0.29, 0.717) is 37.1 Å². The van der Waals surface area contributed by atoms with Crippen molar-refractivity contribution in [2.45, 2.75) is 38.9 Å². The molecule has 0 unspecified atom stereocenters. The molecule has 39 heavy (non-hydrogen) atoms. The third-order valence-electron chi connectivity index (χ3n) is 7.36. The Morgan fingerprint density at radius 3 is 2.28 bits per heavy atom. The lowest BCUT2D eigenvalue weighted by Crippen LogP contribution is -2.38. The minimum absolute atomic E-state index is 0.0520. The van der Waals surface area contributed by atoms with Crippen molar-refractivity contribution >= 4 is 5.91 Å². The number of amides is 1. The smallest absolute Gasteiger partial charge is 0.289 e. The van der Waals surface area contributed by atoms with Gasteiger partial charge in [0, 0.05) is 26.2 Å². The van der Waals surface area contributed by atoms with Crippen LogP contribution in [0.25, 0.3) is 0 Å². The van der Waals surface area contributed by atoms with Gasteiger partial charge in [-0.25, -0.2) is 4.39 Å². The summed E-state index contributed by atoms with van der Waals surface area (Å²) in [5.74, 6) is 2.15. The van der Waals surface area contributed by atoms with Crippen molar-refractivity contribution in [3.63, 3.8) is 0 Å². The van der Waals surface area contributed by atoms with Gasteiger partial charge in [-0.3, -0.25) is 9.69 Å². The Morgan fingerprint density at radius 2 is 1.56 bits per heavy atom. The summed E-state index contributed by atoms with van der Waals surface area (Å²) in [6.07, 6.45) is 3.05. The van der Waals surface area contributed by atoms with Crippen LogP contribution in [0.4, 0.5) is 4.39 Å². The molecule has 1 saturated heterocycles. The number of ether oxygens (including phenoxy) is 1. The average Bonchev–Trinajstić information content (AvgIpc) is 3.42. The number of carbonyl (C=O) groups excluding carboxylic acids is 1. The zero-order chi connectivity index (χ0) is 27.0. The van der Waals surface area contributed by atoms with Gasteiger partial charge in [0.2, 0.25) is 0 Å². The van der Waals surface area contributed by atoms with Crippen molar-refractivity contribution in [3.05, 3.63) is 125 Å². The van der Waals surface area contributed by atoms with Gasteiger partial charge in [-0.05, 0) is 78.3 Å². The number of hydrogen-bond acceptors (Lipinski definition) is 4. The maximum Gasteiger partial charge on any atom is 0.289 e. The lowest BCUT2D eigenvalue weighted by atomic mass is 9.90. The van der Waals surface area contributed by atoms with Crippen LogP contribution in [0.1, 0.15) is 45.8 Å². The van der Waals surface area contributed by atoms with E-state index in [1.807, 2.05) is 47.4 Å². The average molecular weight is 527 g/mol. The van der Waals surface area contributed by atoms with E-state index in [2.05, 4.69) is 29.2 Å². The van der Waals surface area contributed by atoms with E-state index >= 15 is 0 Å². The molecule has 0 spiro atoms. The molecule has 0 aliphatic carbocycles. The number of rotatable bonds is 10. The Morgan fingerprint density at radius 1 is 0.872 bits per heavy atom. The Kier molecular flexibility index (Phi) is 8.74. The van der Waals surface area contributed by atoms with Crippen LogP contribution in [-0.4, -0.2) is 35.9 Å². The number of hydrogen-bond donors (Lipinski definition) is 0. The summed E-state index contributed by atoms with van der Waals surface area (Å²) >= 11 is 0. The number of benzene rings is 3. The molecule has 5 rings (SSSR count). The molecule has 5 nitrogen and oxygen atoms in total. The van der Waals surface area contributed by atoms with Crippen molar-refractivity contribution in [2.75, 3.05) is 20.2 Å². The number of nitrogens with zero attached hydrogens (tertiary/aromatic N) is 2. The molecule has 1 aliphatic heterocycles. The highest BCUT2D eigenvalue weighted by atomic mass is 19.1. The first-order valence-electron chi connectivity index (χ1n) is 13.6. The molecule has 4 aromatic rings. The van der Waals surface area contributed by atoms with Crippen molar-refractivity contribution in [2.24, 2.45) is 5.92 Å². The molecule has 0 saturated carbocycles. The molecule has 3 aromatic carbocycles. The molecule has 0 N–H and O–H groups in total. The highest BCUT2D eigenvalue weighted by Gasteiger charge is 2.26. The van der Waals surface area contributed by atoms with E-state index in [1.54, 1.807) is 25.3 Å². The van der Waals surface area contributed by atoms with Crippen LogP contribution in [0.5, 0.6) is 5.75 Å². The minimum atomic E-state index is -0.257. The standard InChI is InChI=1S/C33H35FN2O3/c1-38-30-12-6-10-28(21-30)23-35(22-27-9-5-11-29(34)20-27)24-31-13-14-32(39-31)33(37)36-17-15-26(16-18-36)19-25-7-3-2-4-8-25/h2-14,20-21,26H,15-19,22-24H2,1H3.